The molecule has 39 heavy (non-hydrogen) atoms. The number of aromatic nitrogens is 2. The summed E-state index contributed by atoms with van der Waals surface area (Å²) in [6.45, 7) is 4.26. The lowest BCUT2D eigenvalue weighted by atomic mass is 9.70. The molecule has 2 saturated carbocycles. The number of imidazole rings is 1. The second-order valence-corrected chi connectivity index (χ2v) is 12.0. The SMILES string of the molecule is O=C(NCCN1CCCC1)C1=CN2C3CCCCC3OC3C(NCc4nc5ccccc5[nH]4)CCC(C1=O)C32. The lowest BCUT2D eigenvalue weighted by Crippen LogP contribution is -2.70. The third kappa shape index (κ3) is 4.78. The summed E-state index contributed by atoms with van der Waals surface area (Å²) in [6, 6.07) is 8.41. The van der Waals surface area contributed by atoms with E-state index in [9.17, 15) is 9.59 Å². The summed E-state index contributed by atoms with van der Waals surface area (Å²) in [4.78, 5) is 39.9. The van der Waals surface area contributed by atoms with Gasteiger partial charge in [-0.2, -0.15) is 0 Å². The summed E-state index contributed by atoms with van der Waals surface area (Å²) < 4.78 is 6.83. The van der Waals surface area contributed by atoms with Crippen molar-refractivity contribution in [3.8, 4) is 0 Å². The van der Waals surface area contributed by atoms with Crippen molar-refractivity contribution in [3.63, 3.8) is 0 Å². The predicted molar refractivity (Wildman–Crippen MR) is 148 cm³/mol. The van der Waals surface area contributed by atoms with Gasteiger partial charge in [-0.25, -0.2) is 4.98 Å². The molecule has 6 unspecified atom stereocenters. The molecule has 3 aliphatic heterocycles. The number of para-hydroxylation sites is 2. The monoisotopic (exact) mass is 532 g/mol. The molecule has 7 rings (SSSR count). The van der Waals surface area contributed by atoms with Gasteiger partial charge in [-0.1, -0.05) is 25.0 Å². The Morgan fingerprint density at radius 3 is 2.79 bits per heavy atom. The first kappa shape index (κ1) is 25.2. The number of nitrogens with one attached hydrogen (secondary N) is 3. The fourth-order valence-corrected chi connectivity index (χ4v) is 7.73. The van der Waals surface area contributed by atoms with Gasteiger partial charge in [0, 0.05) is 31.2 Å². The second kappa shape index (κ2) is 10.7. The second-order valence-electron chi connectivity index (χ2n) is 12.0. The van der Waals surface area contributed by atoms with Gasteiger partial charge < -0.3 is 30.2 Å². The minimum Gasteiger partial charge on any atom is -0.369 e. The summed E-state index contributed by atoms with van der Waals surface area (Å²) in [7, 11) is 0. The van der Waals surface area contributed by atoms with Crippen molar-refractivity contribution in [3.05, 3.63) is 41.9 Å². The molecular formula is C30H40N6O3. The molecule has 1 aromatic heterocycles. The van der Waals surface area contributed by atoms with Crippen LogP contribution in [0.3, 0.4) is 0 Å². The molecule has 9 nitrogen and oxygen atoms in total. The first-order valence-electron chi connectivity index (χ1n) is 15.0. The van der Waals surface area contributed by atoms with Crippen molar-refractivity contribution in [1.82, 2.24) is 30.4 Å². The van der Waals surface area contributed by atoms with Crippen LogP contribution in [-0.2, 0) is 20.9 Å². The number of carbonyl (C=O) groups excluding carboxylic acids is 2. The molecule has 6 atom stereocenters. The standard InChI is InChI=1S/C30H40N6O3/c37-28-19-11-12-23(32-17-26-33-21-7-1-2-8-22(21)34-26)29-27(19)36(24-9-3-4-10-25(24)39-29)18-20(28)30(38)31-13-16-35-14-5-6-15-35/h1-2,7-8,18-19,23-25,27,29,32H,3-6,9-17H2,(H,31,38)(H,33,34). The van der Waals surface area contributed by atoms with E-state index in [0.29, 0.717) is 18.7 Å². The largest absolute Gasteiger partial charge is 0.369 e. The fraction of sp³-hybridized carbons (Fsp3) is 0.633. The highest BCUT2D eigenvalue weighted by molar-refractivity contribution is 6.20. The van der Waals surface area contributed by atoms with E-state index in [0.717, 1.165) is 68.6 Å². The molecule has 0 bridgehead atoms. The van der Waals surface area contributed by atoms with E-state index < -0.39 is 0 Å². The molecule has 2 saturated heterocycles. The normalized spacial score (nSPS) is 32.6. The minimum atomic E-state index is -0.210. The van der Waals surface area contributed by atoms with E-state index in [-0.39, 0.29) is 47.9 Å². The van der Waals surface area contributed by atoms with Crippen LogP contribution < -0.4 is 10.6 Å². The molecule has 2 aliphatic carbocycles. The summed E-state index contributed by atoms with van der Waals surface area (Å²) in [5, 5.41) is 6.78. The molecule has 0 radical (unpaired) electrons. The molecule has 9 heteroatoms. The number of morpholine rings is 1. The molecule has 208 valence electrons. The van der Waals surface area contributed by atoms with Crippen LogP contribution in [0, 0.1) is 5.92 Å². The van der Waals surface area contributed by atoms with Crippen molar-refractivity contribution in [2.75, 3.05) is 26.2 Å². The van der Waals surface area contributed by atoms with Crippen molar-refractivity contribution in [1.29, 1.82) is 0 Å². The molecule has 1 amide bonds. The first-order valence-corrected chi connectivity index (χ1v) is 15.0. The molecule has 3 N–H and O–H groups in total. The maximum atomic E-state index is 13.7. The molecule has 2 aromatic rings. The number of likely N-dealkylation sites (tertiary alicyclic amines) is 1. The molecule has 4 heterocycles. The van der Waals surface area contributed by atoms with Crippen LogP contribution in [0.5, 0.6) is 0 Å². The number of H-pyrrole nitrogens is 1. The topological polar surface area (TPSA) is 103 Å². The Morgan fingerprint density at radius 2 is 1.92 bits per heavy atom. The van der Waals surface area contributed by atoms with Crippen LogP contribution in [0.25, 0.3) is 11.0 Å². The van der Waals surface area contributed by atoms with Gasteiger partial charge in [0.15, 0.2) is 5.78 Å². The zero-order valence-corrected chi connectivity index (χ0v) is 22.6. The Morgan fingerprint density at radius 1 is 1.08 bits per heavy atom. The number of ether oxygens (including phenoxy) is 1. The highest BCUT2D eigenvalue weighted by atomic mass is 16.5. The van der Waals surface area contributed by atoms with Crippen LogP contribution >= 0.6 is 0 Å². The number of hydrogen-bond donors (Lipinski definition) is 3. The summed E-state index contributed by atoms with van der Waals surface area (Å²) >= 11 is 0. The molecule has 4 fully saturated rings. The number of carbonyl (C=O) groups is 2. The maximum absolute atomic E-state index is 13.7. The van der Waals surface area contributed by atoms with Crippen LogP contribution in [0.1, 0.15) is 57.2 Å². The fourth-order valence-electron chi connectivity index (χ4n) is 7.73. The lowest BCUT2D eigenvalue weighted by molar-refractivity contribution is -0.188. The summed E-state index contributed by atoms with van der Waals surface area (Å²) in [5.74, 6) is 0.493. The molecule has 1 aromatic carbocycles. The number of rotatable bonds is 7. The maximum Gasteiger partial charge on any atom is 0.256 e. The molecule has 0 spiro atoms. The first-order chi connectivity index (χ1) is 19.2. The highest BCUT2D eigenvalue weighted by Crippen LogP contribution is 2.44. The molecular weight excluding hydrogens is 492 g/mol. The average Bonchev–Trinajstić information content (AvgIpc) is 3.63. The summed E-state index contributed by atoms with van der Waals surface area (Å²) in [5.41, 5.74) is 2.35. The highest BCUT2D eigenvalue weighted by Gasteiger charge is 2.55. The number of hydrogen-bond acceptors (Lipinski definition) is 7. The number of Topliss-reactive ketones (excluding diaryl/α,β-unsaturated/α-hetero) is 1. The predicted octanol–water partition coefficient (Wildman–Crippen LogP) is 2.49. The summed E-state index contributed by atoms with van der Waals surface area (Å²) in [6.07, 6.45) is 10.4. The van der Waals surface area contributed by atoms with Gasteiger partial charge in [0.05, 0.1) is 47.4 Å². The van der Waals surface area contributed by atoms with Crippen molar-refractivity contribution in [2.24, 2.45) is 5.92 Å². The third-order valence-electron chi connectivity index (χ3n) is 9.67. The zero-order valence-electron chi connectivity index (χ0n) is 22.6. The Bertz CT molecular complexity index is 1220. The quantitative estimate of drug-likeness (QED) is 0.471. The van der Waals surface area contributed by atoms with Crippen molar-refractivity contribution >= 4 is 22.7 Å². The van der Waals surface area contributed by atoms with Crippen molar-refractivity contribution in [2.45, 2.75) is 88.2 Å². The van der Waals surface area contributed by atoms with E-state index in [1.165, 1.54) is 19.3 Å². The van der Waals surface area contributed by atoms with Gasteiger partial charge in [0.2, 0.25) is 0 Å². The van der Waals surface area contributed by atoms with Crippen LogP contribution in [0.2, 0.25) is 0 Å². The van der Waals surface area contributed by atoms with Crippen LogP contribution in [-0.4, -0.2) is 88.0 Å². The number of benzene rings is 1. The Hall–Kier alpha value is -2.75. The van der Waals surface area contributed by atoms with E-state index in [1.807, 2.05) is 30.5 Å². The number of ketones is 1. The van der Waals surface area contributed by atoms with E-state index in [4.69, 9.17) is 9.72 Å². The Balaban J connectivity index is 1.09. The minimum absolute atomic E-state index is 0.00600. The van der Waals surface area contributed by atoms with Crippen LogP contribution in [0.15, 0.2) is 36.0 Å². The Kier molecular flexibility index (Phi) is 6.90. The van der Waals surface area contributed by atoms with Gasteiger partial charge in [-0.3, -0.25) is 9.59 Å². The number of amides is 1. The zero-order chi connectivity index (χ0) is 26.3. The van der Waals surface area contributed by atoms with Gasteiger partial charge in [-0.05, 0) is 63.7 Å². The Labute approximate surface area is 229 Å². The van der Waals surface area contributed by atoms with Crippen LogP contribution in [0.4, 0.5) is 0 Å². The lowest BCUT2D eigenvalue weighted by Gasteiger charge is -2.58. The average molecular weight is 533 g/mol. The van der Waals surface area contributed by atoms with Gasteiger partial charge >= 0.3 is 0 Å². The smallest absolute Gasteiger partial charge is 0.256 e. The number of nitrogens with zero attached hydrogens (tertiary/aromatic N) is 3. The third-order valence-corrected chi connectivity index (χ3v) is 9.67. The van der Waals surface area contributed by atoms with Gasteiger partial charge in [0.1, 0.15) is 5.82 Å². The van der Waals surface area contributed by atoms with Gasteiger partial charge in [-0.15, -0.1) is 0 Å². The molecule has 5 aliphatic rings. The number of aromatic amines is 1. The number of fused-ring (bicyclic) bond motifs is 3. The van der Waals surface area contributed by atoms with Gasteiger partial charge in [0.25, 0.3) is 5.91 Å². The van der Waals surface area contributed by atoms with Crippen molar-refractivity contribution < 1.29 is 14.3 Å². The van der Waals surface area contributed by atoms with E-state index >= 15 is 0 Å². The van der Waals surface area contributed by atoms with E-state index in [2.05, 4.69) is 25.4 Å². The van der Waals surface area contributed by atoms with E-state index in [1.54, 1.807) is 0 Å².